The first-order chi connectivity index (χ1) is 30.2. The average Bonchev–Trinajstić information content (AvgIpc) is 4.00. The van der Waals surface area contributed by atoms with Gasteiger partial charge in [0.1, 0.15) is 0 Å². The zero-order valence-electron chi connectivity index (χ0n) is 32.6. The molecule has 0 saturated carbocycles. The van der Waals surface area contributed by atoms with Crippen LogP contribution in [0.4, 0.5) is 0 Å². The summed E-state index contributed by atoms with van der Waals surface area (Å²) in [5.41, 5.74) is 8.46. The van der Waals surface area contributed by atoms with Gasteiger partial charge in [-0.15, -0.1) is 22.7 Å². The highest BCUT2D eigenvalue weighted by atomic mass is 32.1. The lowest BCUT2D eigenvalue weighted by molar-refractivity contribution is 1.07. The Morgan fingerprint density at radius 3 is 1.82 bits per heavy atom. The highest BCUT2D eigenvalue weighted by Gasteiger charge is 2.22. The van der Waals surface area contributed by atoms with Gasteiger partial charge in [-0.3, -0.25) is 0 Å². The Balaban J connectivity index is 1.10. The van der Waals surface area contributed by atoms with Gasteiger partial charge in [-0.25, -0.2) is 15.0 Å². The molecular weight excluding hydrogens is 781 g/mol. The van der Waals surface area contributed by atoms with Gasteiger partial charge in [-0.2, -0.15) is 0 Å². The van der Waals surface area contributed by atoms with E-state index in [0.29, 0.717) is 17.5 Å². The van der Waals surface area contributed by atoms with Crippen LogP contribution in [0.5, 0.6) is 0 Å². The highest BCUT2D eigenvalue weighted by molar-refractivity contribution is 7.26. The molecule has 0 unspecified atom stereocenters. The van der Waals surface area contributed by atoms with E-state index < -0.39 is 0 Å². The molecule has 4 heterocycles. The summed E-state index contributed by atoms with van der Waals surface area (Å²) in [7, 11) is 0. The van der Waals surface area contributed by atoms with Gasteiger partial charge in [0.25, 0.3) is 0 Å². The van der Waals surface area contributed by atoms with E-state index in [1.807, 2.05) is 40.9 Å². The molecule has 61 heavy (non-hydrogen) atoms. The van der Waals surface area contributed by atoms with Gasteiger partial charge < -0.3 is 4.57 Å². The molecule has 0 aliphatic heterocycles. The summed E-state index contributed by atoms with van der Waals surface area (Å²) in [6.45, 7) is 0. The predicted molar refractivity (Wildman–Crippen MR) is 259 cm³/mol. The lowest BCUT2D eigenvalue weighted by Gasteiger charge is -2.16. The quantitative estimate of drug-likeness (QED) is 0.174. The lowest BCUT2D eigenvalue weighted by atomic mass is 9.94. The SMILES string of the molecule is c1ccc(-c2nc(-c3ccc4sc5ccccc5c4c3)nc(-c3ccc(-n4c5ccccc5c5cc6ccccc6cc54)cc3-c3cccc4sc5ccccc5c34)n2)cc1. The van der Waals surface area contributed by atoms with E-state index in [4.69, 9.17) is 15.0 Å². The van der Waals surface area contributed by atoms with E-state index in [-0.39, 0.29) is 0 Å². The van der Waals surface area contributed by atoms with Crippen LogP contribution < -0.4 is 0 Å². The summed E-state index contributed by atoms with van der Waals surface area (Å²) in [5, 5.41) is 9.84. The minimum absolute atomic E-state index is 0.630. The molecule has 0 N–H and O–H groups in total. The maximum Gasteiger partial charge on any atom is 0.164 e. The van der Waals surface area contributed by atoms with Crippen molar-refractivity contribution in [3.05, 3.63) is 194 Å². The number of hydrogen-bond acceptors (Lipinski definition) is 5. The standard InChI is InChI=1S/C55H32N4S2/c1-2-13-33(14-3-1)53-56-54(36-25-28-50-45(30-36)39-18-7-10-22-48(39)60-50)58-55(57-53)41-27-26-37(32-43(41)40-20-12-24-51-52(40)42-19-8-11-23-49(42)61-51)59-46-21-9-6-17-38(46)44-29-34-15-4-5-16-35(34)31-47(44)59/h1-32H. The number of thiophene rings is 2. The Kier molecular flexibility index (Phi) is 7.61. The van der Waals surface area contributed by atoms with Crippen LogP contribution in [0.25, 0.3) is 124 Å². The number of para-hydroxylation sites is 1. The number of aromatic nitrogens is 4. The minimum atomic E-state index is 0.630. The molecule has 0 spiro atoms. The van der Waals surface area contributed by atoms with E-state index in [9.17, 15) is 0 Å². The van der Waals surface area contributed by atoms with E-state index in [1.165, 1.54) is 67.4 Å². The third kappa shape index (κ3) is 5.46. The predicted octanol–water partition coefficient (Wildman–Crippen LogP) is 15.5. The van der Waals surface area contributed by atoms with E-state index >= 15 is 0 Å². The maximum atomic E-state index is 5.39. The molecule has 13 rings (SSSR count). The summed E-state index contributed by atoms with van der Waals surface area (Å²) in [4.78, 5) is 15.9. The highest BCUT2D eigenvalue weighted by Crippen LogP contribution is 2.45. The molecule has 9 aromatic carbocycles. The average molecular weight is 813 g/mol. The van der Waals surface area contributed by atoms with Crippen molar-refractivity contribution in [1.82, 2.24) is 19.5 Å². The topological polar surface area (TPSA) is 43.6 Å². The zero-order valence-corrected chi connectivity index (χ0v) is 34.2. The molecule has 0 fully saturated rings. The molecule has 0 aliphatic carbocycles. The summed E-state index contributed by atoms with van der Waals surface area (Å²) in [6, 6.07) is 69.8. The fourth-order valence-corrected chi connectivity index (χ4v) is 11.4. The van der Waals surface area contributed by atoms with Crippen LogP contribution in [-0.2, 0) is 0 Å². The maximum absolute atomic E-state index is 5.39. The Labute approximate surface area is 358 Å². The van der Waals surface area contributed by atoms with Gasteiger partial charge in [0.05, 0.1) is 11.0 Å². The zero-order chi connectivity index (χ0) is 40.0. The van der Waals surface area contributed by atoms with Crippen LogP contribution in [0.1, 0.15) is 0 Å². The van der Waals surface area contributed by atoms with Crippen molar-refractivity contribution in [2.75, 3.05) is 0 Å². The summed E-state index contributed by atoms with van der Waals surface area (Å²) in [6.07, 6.45) is 0. The Morgan fingerprint density at radius 1 is 0.328 bits per heavy atom. The Morgan fingerprint density at radius 2 is 0.967 bits per heavy atom. The van der Waals surface area contributed by atoms with Crippen molar-refractivity contribution in [3.63, 3.8) is 0 Å². The van der Waals surface area contributed by atoms with E-state index in [1.54, 1.807) is 0 Å². The molecule has 0 bridgehead atoms. The third-order valence-corrected chi connectivity index (χ3v) is 14.3. The van der Waals surface area contributed by atoms with Crippen LogP contribution >= 0.6 is 22.7 Å². The number of rotatable bonds is 5. The molecule has 0 radical (unpaired) electrons. The molecule has 0 saturated heterocycles. The van der Waals surface area contributed by atoms with Crippen LogP contribution in [0.3, 0.4) is 0 Å². The van der Waals surface area contributed by atoms with Crippen molar-refractivity contribution in [2.24, 2.45) is 0 Å². The first kappa shape index (κ1) is 34.4. The second-order valence-electron chi connectivity index (χ2n) is 15.6. The Hall–Kier alpha value is -7.51. The first-order valence-corrected chi connectivity index (χ1v) is 22.1. The van der Waals surface area contributed by atoms with E-state index in [0.717, 1.165) is 39.0 Å². The minimum Gasteiger partial charge on any atom is -0.309 e. The molecule has 0 amide bonds. The van der Waals surface area contributed by atoms with Crippen molar-refractivity contribution in [2.45, 2.75) is 0 Å². The summed E-state index contributed by atoms with van der Waals surface area (Å²) in [5.74, 6) is 1.91. The molecule has 284 valence electrons. The van der Waals surface area contributed by atoms with Crippen molar-refractivity contribution in [3.8, 4) is 51.0 Å². The number of nitrogens with zero attached hydrogens (tertiary/aromatic N) is 4. The third-order valence-electron chi connectivity index (χ3n) is 12.0. The first-order valence-electron chi connectivity index (χ1n) is 20.4. The number of fused-ring (bicyclic) bond motifs is 10. The summed E-state index contributed by atoms with van der Waals surface area (Å²) < 4.78 is 7.45. The van der Waals surface area contributed by atoms with Crippen LogP contribution in [0.15, 0.2) is 194 Å². The van der Waals surface area contributed by atoms with Crippen LogP contribution in [-0.4, -0.2) is 19.5 Å². The second kappa shape index (κ2) is 13.5. The van der Waals surface area contributed by atoms with Gasteiger partial charge >= 0.3 is 0 Å². The second-order valence-corrected chi connectivity index (χ2v) is 17.7. The van der Waals surface area contributed by atoms with Gasteiger partial charge in [-0.1, -0.05) is 121 Å². The smallest absolute Gasteiger partial charge is 0.164 e. The fourth-order valence-electron chi connectivity index (χ4n) is 9.23. The number of hydrogen-bond donors (Lipinski definition) is 0. The molecule has 0 aliphatic rings. The summed E-state index contributed by atoms with van der Waals surface area (Å²) >= 11 is 3.65. The molecule has 4 aromatic heterocycles. The Bertz CT molecular complexity index is 3900. The van der Waals surface area contributed by atoms with E-state index in [2.05, 4.69) is 180 Å². The van der Waals surface area contributed by atoms with Crippen LogP contribution in [0.2, 0.25) is 0 Å². The fraction of sp³-hybridized carbons (Fsp3) is 0. The molecule has 13 aromatic rings. The molecule has 0 atom stereocenters. The van der Waals surface area contributed by atoms with Crippen molar-refractivity contribution >= 4 is 95.6 Å². The molecular formula is C55H32N4S2. The van der Waals surface area contributed by atoms with Crippen LogP contribution in [0, 0.1) is 0 Å². The largest absolute Gasteiger partial charge is 0.309 e. The molecule has 4 nitrogen and oxygen atoms in total. The molecule has 6 heteroatoms. The van der Waals surface area contributed by atoms with Crippen molar-refractivity contribution < 1.29 is 0 Å². The normalized spacial score (nSPS) is 11.9. The van der Waals surface area contributed by atoms with Gasteiger partial charge in [0, 0.05) is 73.5 Å². The van der Waals surface area contributed by atoms with Crippen molar-refractivity contribution in [1.29, 1.82) is 0 Å². The number of benzene rings is 9. The van der Waals surface area contributed by atoms with Gasteiger partial charge in [-0.05, 0) is 94.7 Å². The van der Waals surface area contributed by atoms with Gasteiger partial charge in [0.2, 0.25) is 0 Å². The lowest BCUT2D eigenvalue weighted by Crippen LogP contribution is -2.02. The van der Waals surface area contributed by atoms with Gasteiger partial charge in [0.15, 0.2) is 17.5 Å². The monoisotopic (exact) mass is 812 g/mol.